The van der Waals surface area contributed by atoms with Crippen LogP contribution in [0.4, 0.5) is 0 Å². The van der Waals surface area contributed by atoms with Gasteiger partial charge in [0.15, 0.2) is 0 Å². The molecule has 1 rings (SSSR count). The van der Waals surface area contributed by atoms with E-state index in [0.717, 1.165) is 11.7 Å². The van der Waals surface area contributed by atoms with Crippen molar-refractivity contribution >= 4 is 17.6 Å². The molecular weight excluding hydrogens is 180 g/mol. The van der Waals surface area contributed by atoms with Gasteiger partial charge < -0.3 is 5.73 Å². The van der Waals surface area contributed by atoms with Gasteiger partial charge in [-0.05, 0) is 12.8 Å². The van der Waals surface area contributed by atoms with Crippen LogP contribution in [0, 0.1) is 5.41 Å². The lowest BCUT2D eigenvalue weighted by Crippen LogP contribution is -2.18. The molecule has 0 heterocycles. The lowest BCUT2D eigenvalue weighted by Gasteiger charge is -2.24. The fourth-order valence-electron chi connectivity index (χ4n) is 1.89. The van der Waals surface area contributed by atoms with Crippen molar-refractivity contribution in [2.45, 2.75) is 55.9 Å². The third kappa shape index (κ3) is 4.55. The highest BCUT2D eigenvalue weighted by atomic mass is 32.2. The average Bonchev–Trinajstić information content (AvgIpc) is 2.04. The highest BCUT2D eigenvalue weighted by Gasteiger charge is 2.16. The molecule has 0 radical (unpaired) electrons. The molecule has 1 aliphatic carbocycles. The highest BCUT2D eigenvalue weighted by Crippen LogP contribution is 2.31. The van der Waals surface area contributed by atoms with Crippen LogP contribution in [0.3, 0.4) is 0 Å². The molecule has 1 saturated carbocycles. The van der Waals surface area contributed by atoms with E-state index in [1.165, 1.54) is 32.1 Å². The highest BCUT2D eigenvalue weighted by molar-refractivity contribution is 8.00. The van der Waals surface area contributed by atoms with Crippen LogP contribution in [-0.4, -0.2) is 16.3 Å². The number of rotatable bonds is 4. The summed E-state index contributed by atoms with van der Waals surface area (Å²) in [7, 11) is 0. The van der Waals surface area contributed by atoms with E-state index in [0.29, 0.717) is 11.1 Å². The minimum atomic E-state index is 0.329. The summed E-state index contributed by atoms with van der Waals surface area (Å²) in [5.41, 5.74) is 5.37. The van der Waals surface area contributed by atoms with E-state index in [-0.39, 0.29) is 0 Å². The molecule has 0 saturated heterocycles. The van der Waals surface area contributed by atoms with Crippen molar-refractivity contribution in [1.82, 2.24) is 0 Å². The summed E-state index contributed by atoms with van der Waals surface area (Å²) in [6, 6.07) is 0. The summed E-state index contributed by atoms with van der Waals surface area (Å²) in [6.07, 6.45) is 7.69. The van der Waals surface area contributed by atoms with E-state index < -0.39 is 0 Å². The normalized spacial score (nSPS) is 21.3. The van der Waals surface area contributed by atoms with Gasteiger partial charge in [-0.1, -0.05) is 26.2 Å². The molecule has 1 aliphatic rings. The predicted octanol–water partition coefficient (Wildman–Crippen LogP) is 2.77. The van der Waals surface area contributed by atoms with Crippen molar-refractivity contribution in [2.24, 2.45) is 5.73 Å². The van der Waals surface area contributed by atoms with Gasteiger partial charge in [0.1, 0.15) is 0 Å². The Kier molecular flexibility index (Phi) is 4.64. The quantitative estimate of drug-likeness (QED) is 0.541. The fraction of sp³-hybridized carbons (Fsp3) is 0.900. The first-order valence-electron chi connectivity index (χ1n) is 5.17. The second-order valence-electron chi connectivity index (χ2n) is 3.94. The van der Waals surface area contributed by atoms with Gasteiger partial charge in [-0.25, -0.2) is 0 Å². The van der Waals surface area contributed by atoms with Gasteiger partial charge in [-0.2, -0.15) is 11.8 Å². The number of hydrogen-bond donors (Lipinski definition) is 2. The van der Waals surface area contributed by atoms with E-state index in [1.807, 2.05) is 11.8 Å². The van der Waals surface area contributed by atoms with Crippen LogP contribution in [0.2, 0.25) is 0 Å². The molecule has 76 valence electrons. The van der Waals surface area contributed by atoms with Gasteiger partial charge in [0.05, 0.1) is 5.84 Å². The minimum Gasteiger partial charge on any atom is -0.388 e. The molecule has 3 heteroatoms. The summed E-state index contributed by atoms with van der Waals surface area (Å²) >= 11 is 2.03. The van der Waals surface area contributed by atoms with Crippen molar-refractivity contribution in [3.8, 4) is 0 Å². The smallest absolute Gasteiger partial charge is 0.0916 e. The zero-order valence-corrected chi connectivity index (χ0v) is 9.20. The largest absolute Gasteiger partial charge is 0.388 e. The van der Waals surface area contributed by atoms with E-state index in [9.17, 15) is 0 Å². The van der Waals surface area contributed by atoms with Crippen LogP contribution in [-0.2, 0) is 0 Å². The SMILES string of the molecule is CC(CC(=N)N)SC1CCCCC1. The Hall–Kier alpha value is -0.180. The fourth-order valence-corrected chi connectivity index (χ4v) is 3.43. The Morgan fingerprint density at radius 2 is 2.08 bits per heavy atom. The summed E-state index contributed by atoms with van der Waals surface area (Å²) in [6.45, 7) is 2.18. The molecule has 1 atom stereocenters. The molecule has 1 fully saturated rings. The first-order valence-corrected chi connectivity index (χ1v) is 6.11. The van der Waals surface area contributed by atoms with Gasteiger partial charge in [-0.3, -0.25) is 5.41 Å². The summed E-state index contributed by atoms with van der Waals surface area (Å²) in [5.74, 6) is 0.329. The van der Waals surface area contributed by atoms with E-state index in [2.05, 4.69) is 6.92 Å². The monoisotopic (exact) mass is 200 g/mol. The molecule has 3 N–H and O–H groups in total. The van der Waals surface area contributed by atoms with Gasteiger partial charge in [-0.15, -0.1) is 0 Å². The molecule has 13 heavy (non-hydrogen) atoms. The Morgan fingerprint density at radius 3 is 2.62 bits per heavy atom. The summed E-state index contributed by atoms with van der Waals surface area (Å²) in [5, 5.41) is 8.57. The van der Waals surface area contributed by atoms with Gasteiger partial charge in [0.25, 0.3) is 0 Å². The van der Waals surface area contributed by atoms with Crippen molar-refractivity contribution in [3.05, 3.63) is 0 Å². The van der Waals surface area contributed by atoms with Crippen LogP contribution in [0.5, 0.6) is 0 Å². The van der Waals surface area contributed by atoms with Crippen molar-refractivity contribution < 1.29 is 0 Å². The van der Waals surface area contributed by atoms with Gasteiger partial charge in [0, 0.05) is 16.9 Å². The maximum Gasteiger partial charge on any atom is 0.0916 e. The van der Waals surface area contributed by atoms with Crippen molar-refractivity contribution in [2.75, 3.05) is 0 Å². The Balaban J connectivity index is 2.18. The zero-order valence-electron chi connectivity index (χ0n) is 8.38. The second kappa shape index (κ2) is 5.53. The first kappa shape index (κ1) is 10.9. The third-order valence-electron chi connectivity index (χ3n) is 2.48. The number of amidine groups is 1. The standard InChI is InChI=1S/C10H20N2S/c1-8(7-10(11)12)13-9-5-3-2-4-6-9/h8-9H,2-7H2,1H3,(H3,11,12). The Morgan fingerprint density at radius 1 is 1.46 bits per heavy atom. The van der Waals surface area contributed by atoms with Crippen LogP contribution in [0.25, 0.3) is 0 Å². The number of thioether (sulfide) groups is 1. The van der Waals surface area contributed by atoms with E-state index in [4.69, 9.17) is 11.1 Å². The van der Waals surface area contributed by atoms with Crippen LogP contribution < -0.4 is 5.73 Å². The molecule has 0 aliphatic heterocycles. The first-order chi connectivity index (χ1) is 6.18. The van der Waals surface area contributed by atoms with E-state index in [1.54, 1.807) is 0 Å². The third-order valence-corrected chi connectivity index (χ3v) is 3.97. The summed E-state index contributed by atoms with van der Waals surface area (Å²) < 4.78 is 0. The van der Waals surface area contributed by atoms with Crippen molar-refractivity contribution in [1.29, 1.82) is 5.41 Å². The van der Waals surface area contributed by atoms with Crippen LogP contribution in [0.15, 0.2) is 0 Å². The number of nitrogens with one attached hydrogen (secondary N) is 1. The minimum absolute atomic E-state index is 0.329. The van der Waals surface area contributed by atoms with Crippen molar-refractivity contribution in [3.63, 3.8) is 0 Å². The van der Waals surface area contributed by atoms with Gasteiger partial charge in [0.2, 0.25) is 0 Å². The molecule has 0 amide bonds. The second-order valence-corrected chi connectivity index (χ2v) is 5.68. The van der Waals surface area contributed by atoms with Crippen LogP contribution >= 0.6 is 11.8 Å². The molecule has 0 aromatic rings. The molecule has 0 bridgehead atoms. The molecular formula is C10H20N2S. The Labute approximate surface area is 85.2 Å². The molecule has 0 aromatic carbocycles. The number of nitrogens with two attached hydrogens (primary N) is 1. The zero-order chi connectivity index (χ0) is 9.68. The lowest BCUT2D eigenvalue weighted by molar-refractivity contribution is 0.515. The lowest BCUT2D eigenvalue weighted by atomic mass is 10.0. The molecule has 0 spiro atoms. The Bertz CT molecular complexity index is 164. The summed E-state index contributed by atoms with van der Waals surface area (Å²) in [4.78, 5) is 0. The maximum absolute atomic E-state index is 7.21. The van der Waals surface area contributed by atoms with Gasteiger partial charge >= 0.3 is 0 Å². The molecule has 2 nitrogen and oxygen atoms in total. The average molecular weight is 200 g/mol. The maximum atomic E-state index is 7.21. The topological polar surface area (TPSA) is 49.9 Å². The van der Waals surface area contributed by atoms with Crippen LogP contribution in [0.1, 0.15) is 45.4 Å². The molecule has 1 unspecified atom stereocenters. The number of hydrogen-bond acceptors (Lipinski definition) is 2. The van der Waals surface area contributed by atoms with E-state index >= 15 is 0 Å². The predicted molar refractivity (Wildman–Crippen MR) is 60.5 cm³/mol. The molecule has 0 aromatic heterocycles.